The molecular weight excluding hydrogens is 433 g/mol. The first kappa shape index (κ1) is 23.7. The zero-order valence-electron chi connectivity index (χ0n) is 17.6. The summed E-state index contributed by atoms with van der Waals surface area (Å²) in [5.41, 5.74) is 5.24. The minimum absolute atomic E-state index is 0.0256. The molecule has 1 fully saturated rings. The number of nitrogens with two attached hydrogens (primary N) is 1. The number of nitrogen functional groups attached to an aromatic ring is 1. The van der Waals surface area contributed by atoms with Gasteiger partial charge in [-0.15, -0.1) is 0 Å². The topological polar surface area (TPSA) is 129 Å². The molecule has 1 aliphatic rings. The first-order valence-corrected chi connectivity index (χ1v) is 9.62. The van der Waals surface area contributed by atoms with E-state index in [1.54, 1.807) is 13.8 Å². The van der Waals surface area contributed by atoms with Gasteiger partial charge in [0.2, 0.25) is 0 Å². The van der Waals surface area contributed by atoms with Gasteiger partial charge in [0.15, 0.2) is 12.4 Å². The molecule has 0 aliphatic carbocycles. The van der Waals surface area contributed by atoms with E-state index in [9.17, 15) is 23.1 Å². The van der Waals surface area contributed by atoms with Gasteiger partial charge in [-0.1, -0.05) is 0 Å². The Morgan fingerprint density at radius 1 is 1.28 bits per heavy atom. The van der Waals surface area contributed by atoms with Gasteiger partial charge in [-0.3, -0.25) is 0 Å². The van der Waals surface area contributed by atoms with Crippen molar-refractivity contribution < 1.29 is 37.3 Å². The normalized spacial score (nSPS) is 16.7. The van der Waals surface area contributed by atoms with Gasteiger partial charge < -0.3 is 30.4 Å². The van der Waals surface area contributed by atoms with Crippen LogP contribution in [0.3, 0.4) is 0 Å². The second-order valence-electron chi connectivity index (χ2n) is 7.20. The smallest absolute Gasteiger partial charge is 0.416 e. The van der Waals surface area contributed by atoms with E-state index in [4.69, 9.17) is 19.9 Å². The molecule has 1 unspecified atom stereocenters. The molecule has 1 aliphatic heterocycles. The molecule has 12 heteroatoms. The number of hydrogen-bond donors (Lipinski definition) is 3. The Hall–Kier alpha value is -2.96. The number of nitrogens with one attached hydrogen (secondary N) is 1. The van der Waals surface area contributed by atoms with Gasteiger partial charge in [-0.05, 0) is 37.6 Å². The van der Waals surface area contributed by atoms with Gasteiger partial charge in [0.05, 0.1) is 36.1 Å². The van der Waals surface area contributed by atoms with Gasteiger partial charge in [0.25, 0.3) is 0 Å². The molecule has 1 saturated heterocycles. The number of carbonyl (C=O) groups is 1. The van der Waals surface area contributed by atoms with E-state index in [0.29, 0.717) is 0 Å². The minimum Gasteiger partial charge on any atom is -0.479 e. The summed E-state index contributed by atoms with van der Waals surface area (Å²) in [4.78, 5) is 20.3. The first-order valence-electron chi connectivity index (χ1n) is 9.62. The highest BCUT2D eigenvalue weighted by atomic mass is 19.4. The van der Waals surface area contributed by atoms with Crippen LogP contribution in [0, 0.1) is 6.92 Å². The van der Waals surface area contributed by atoms with E-state index in [2.05, 4.69) is 15.3 Å². The lowest BCUT2D eigenvalue weighted by molar-refractivity contribution is -0.149. The van der Waals surface area contributed by atoms with E-state index >= 15 is 0 Å². The van der Waals surface area contributed by atoms with Crippen LogP contribution >= 0.6 is 0 Å². The molecule has 0 spiro atoms. The summed E-state index contributed by atoms with van der Waals surface area (Å²) in [7, 11) is 1.22. The fourth-order valence-corrected chi connectivity index (χ4v) is 3.38. The number of nitrogens with zero attached hydrogens (tertiary/aromatic N) is 2. The van der Waals surface area contributed by atoms with Crippen molar-refractivity contribution in [1.29, 1.82) is 0 Å². The van der Waals surface area contributed by atoms with Crippen molar-refractivity contribution in [2.45, 2.75) is 38.5 Å². The standard InChI is InChI=1S/C20H23F3N4O5/c1-9(11-6-12(20(21,22)23)8-13(24)7-11)25-17-14(19-31-4-5-32-19)15(26-10(2)27-17)16(30-3)18(28)29/h6-9,16,19H,4-5,24H2,1-3H3,(H,28,29)(H,25,26,27)/t9-,16?/m1/s1. The monoisotopic (exact) mass is 456 g/mol. The van der Waals surface area contributed by atoms with Crippen molar-refractivity contribution in [2.75, 3.05) is 31.4 Å². The quantitative estimate of drug-likeness (QED) is 0.537. The highest BCUT2D eigenvalue weighted by Crippen LogP contribution is 2.37. The number of alkyl halides is 3. The van der Waals surface area contributed by atoms with Crippen LogP contribution in [0.15, 0.2) is 18.2 Å². The summed E-state index contributed by atoms with van der Waals surface area (Å²) in [6, 6.07) is 2.57. The van der Waals surface area contributed by atoms with E-state index in [1.807, 2.05) is 0 Å². The fourth-order valence-electron chi connectivity index (χ4n) is 3.38. The molecule has 9 nitrogen and oxygen atoms in total. The number of benzene rings is 1. The van der Waals surface area contributed by atoms with E-state index in [0.717, 1.165) is 12.1 Å². The molecule has 4 N–H and O–H groups in total. The lowest BCUT2D eigenvalue weighted by Gasteiger charge is -2.24. The Labute approximate surface area is 181 Å². The molecule has 3 rings (SSSR count). The molecule has 0 bridgehead atoms. The summed E-state index contributed by atoms with van der Waals surface area (Å²) in [6.45, 7) is 3.71. The molecule has 0 radical (unpaired) electrons. The maximum absolute atomic E-state index is 13.2. The maximum Gasteiger partial charge on any atom is 0.416 e. The number of aliphatic carboxylic acids is 1. The number of methoxy groups -OCH3 is 1. The third-order valence-electron chi connectivity index (χ3n) is 4.81. The second-order valence-corrected chi connectivity index (χ2v) is 7.20. The number of ether oxygens (including phenoxy) is 3. The number of anilines is 2. The SMILES string of the molecule is COC(C(=O)O)c1nc(C)nc(N[C@H](C)c2cc(N)cc(C(F)(F)F)c2)c1C1OCCO1. The van der Waals surface area contributed by atoms with Crippen LogP contribution in [0.5, 0.6) is 0 Å². The third kappa shape index (κ3) is 5.09. The van der Waals surface area contributed by atoms with Crippen LogP contribution in [0.2, 0.25) is 0 Å². The van der Waals surface area contributed by atoms with Crippen molar-refractivity contribution in [3.05, 3.63) is 46.4 Å². The van der Waals surface area contributed by atoms with Crippen molar-refractivity contribution >= 4 is 17.5 Å². The maximum atomic E-state index is 13.2. The lowest BCUT2D eigenvalue weighted by atomic mass is 10.0. The van der Waals surface area contributed by atoms with Crippen LogP contribution in [0.25, 0.3) is 0 Å². The van der Waals surface area contributed by atoms with E-state index in [1.165, 1.54) is 13.2 Å². The molecule has 0 saturated carbocycles. The molecule has 174 valence electrons. The largest absolute Gasteiger partial charge is 0.479 e. The molecule has 32 heavy (non-hydrogen) atoms. The number of rotatable bonds is 7. The van der Waals surface area contributed by atoms with Gasteiger partial charge in [0.1, 0.15) is 11.6 Å². The van der Waals surface area contributed by atoms with Crippen LogP contribution in [-0.2, 0) is 25.2 Å². The molecule has 0 amide bonds. The van der Waals surface area contributed by atoms with E-state index in [-0.39, 0.29) is 47.4 Å². The molecule has 2 heterocycles. The molecule has 2 atom stereocenters. The summed E-state index contributed by atoms with van der Waals surface area (Å²) < 4.78 is 55.8. The van der Waals surface area contributed by atoms with Crippen LogP contribution in [0.4, 0.5) is 24.7 Å². The predicted octanol–water partition coefficient (Wildman–Crippen LogP) is 3.38. The van der Waals surface area contributed by atoms with Crippen molar-refractivity contribution in [3.63, 3.8) is 0 Å². The minimum atomic E-state index is -4.56. The zero-order valence-corrected chi connectivity index (χ0v) is 17.6. The fraction of sp³-hybridized carbons (Fsp3) is 0.450. The van der Waals surface area contributed by atoms with Crippen molar-refractivity contribution in [1.82, 2.24) is 9.97 Å². The highest BCUT2D eigenvalue weighted by Gasteiger charge is 2.35. The Kier molecular flexibility index (Phi) is 6.86. The average molecular weight is 456 g/mol. The van der Waals surface area contributed by atoms with Gasteiger partial charge in [-0.2, -0.15) is 13.2 Å². The van der Waals surface area contributed by atoms with E-state index < -0.39 is 36.1 Å². The number of hydrogen-bond acceptors (Lipinski definition) is 8. The Morgan fingerprint density at radius 3 is 2.50 bits per heavy atom. The molecule has 1 aromatic heterocycles. The van der Waals surface area contributed by atoms with Crippen molar-refractivity contribution in [2.24, 2.45) is 0 Å². The average Bonchev–Trinajstić information content (AvgIpc) is 3.21. The molecule has 1 aromatic carbocycles. The number of carboxylic acid groups (broad SMARTS) is 1. The summed E-state index contributed by atoms with van der Waals surface area (Å²) in [5.74, 6) is -0.899. The Bertz CT molecular complexity index is 996. The third-order valence-corrected chi connectivity index (χ3v) is 4.81. The van der Waals surface area contributed by atoms with Crippen LogP contribution in [0.1, 0.15) is 53.6 Å². The van der Waals surface area contributed by atoms with Gasteiger partial charge in [0, 0.05) is 12.8 Å². The number of aryl methyl sites for hydroxylation is 1. The summed E-state index contributed by atoms with van der Waals surface area (Å²) in [5, 5.41) is 12.6. The van der Waals surface area contributed by atoms with Gasteiger partial charge in [-0.25, -0.2) is 14.8 Å². The predicted molar refractivity (Wildman–Crippen MR) is 107 cm³/mol. The number of aromatic nitrogens is 2. The Balaban J connectivity index is 2.07. The van der Waals surface area contributed by atoms with Crippen molar-refractivity contribution in [3.8, 4) is 0 Å². The second kappa shape index (κ2) is 9.27. The van der Waals surface area contributed by atoms with Gasteiger partial charge >= 0.3 is 12.1 Å². The summed E-state index contributed by atoms with van der Waals surface area (Å²) >= 11 is 0. The van der Waals surface area contributed by atoms with Crippen LogP contribution < -0.4 is 11.1 Å². The Morgan fingerprint density at radius 2 is 1.94 bits per heavy atom. The van der Waals surface area contributed by atoms with Crippen LogP contribution in [-0.4, -0.2) is 41.4 Å². The zero-order chi connectivity index (χ0) is 23.6. The lowest BCUT2D eigenvalue weighted by Crippen LogP contribution is -2.22. The molecular formula is C20H23F3N4O5. The highest BCUT2D eigenvalue weighted by molar-refractivity contribution is 5.75. The summed E-state index contributed by atoms with van der Waals surface area (Å²) in [6.07, 6.45) is -6.96. The number of halogens is 3. The first-order chi connectivity index (χ1) is 15.0. The molecule has 2 aromatic rings. The number of carboxylic acids is 1.